The molecule has 0 unspecified atom stereocenters. The smallest absolute Gasteiger partial charge is 0.278 e. The van der Waals surface area contributed by atoms with E-state index in [4.69, 9.17) is 17.3 Å². The van der Waals surface area contributed by atoms with Gasteiger partial charge in [-0.25, -0.2) is 0 Å². The first kappa shape index (κ1) is 13.4. The molecule has 0 aliphatic rings. The van der Waals surface area contributed by atoms with Crippen LogP contribution >= 0.6 is 11.6 Å². The minimum Gasteiger partial charge on any atom is -0.396 e. The normalized spacial score (nSPS) is 10.5. The number of halogens is 1. The van der Waals surface area contributed by atoms with Gasteiger partial charge in [0.25, 0.3) is 5.91 Å². The molecule has 0 fully saturated rings. The summed E-state index contributed by atoms with van der Waals surface area (Å²) in [6.07, 6.45) is 1.63. The zero-order chi connectivity index (χ0) is 14.0. The first-order valence-corrected chi connectivity index (χ1v) is 6.29. The molecule has 100 valence electrons. The fraction of sp³-hybridized carbons (Fsp3) is 0.231. The number of nitrogens with zero attached hydrogens (tertiary/aromatic N) is 2. The van der Waals surface area contributed by atoms with E-state index < -0.39 is 0 Å². The van der Waals surface area contributed by atoms with Crippen LogP contribution in [0.3, 0.4) is 0 Å². The number of carbonyl (C=O) groups excluding carboxylic acids is 1. The Balaban J connectivity index is 2.25. The topological polar surface area (TPSA) is 72.9 Å². The molecule has 1 aromatic heterocycles. The molecule has 5 nitrogen and oxygen atoms in total. The first-order chi connectivity index (χ1) is 9.01. The SMILES string of the molecule is CCn1cc(N)c(C(=O)Nc2cc(C)ccc2Cl)n1. The van der Waals surface area contributed by atoms with Gasteiger partial charge in [-0.3, -0.25) is 9.48 Å². The van der Waals surface area contributed by atoms with Gasteiger partial charge in [-0.1, -0.05) is 17.7 Å². The van der Waals surface area contributed by atoms with E-state index in [0.717, 1.165) is 5.56 Å². The molecule has 19 heavy (non-hydrogen) atoms. The lowest BCUT2D eigenvalue weighted by Gasteiger charge is -2.07. The Kier molecular flexibility index (Phi) is 3.76. The van der Waals surface area contributed by atoms with Crippen molar-refractivity contribution in [2.24, 2.45) is 0 Å². The molecule has 0 spiro atoms. The monoisotopic (exact) mass is 278 g/mol. The quantitative estimate of drug-likeness (QED) is 0.907. The summed E-state index contributed by atoms with van der Waals surface area (Å²) in [6.45, 7) is 4.50. The van der Waals surface area contributed by atoms with Crippen molar-refractivity contribution < 1.29 is 4.79 Å². The summed E-state index contributed by atoms with van der Waals surface area (Å²) in [7, 11) is 0. The van der Waals surface area contributed by atoms with Crippen LogP contribution in [0.4, 0.5) is 11.4 Å². The lowest BCUT2D eigenvalue weighted by molar-refractivity contribution is 0.102. The molecule has 0 bridgehead atoms. The van der Waals surface area contributed by atoms with Crippen LogP contribution < -0.4 is 11.1 Å². The van der Waals surface area contributed by atoms with Gasteiger partial charge in [0.2, 0.25) is 0 Å². The summed E-state index contributed by atoms with van der Waals surface area (Å²) >= 11 is 6.03. The van der Waals surface area contributed by atoms with Gasteiger partial charge >= 0.3 is 0 Å². The van der Waals surface area contributed by atoms with Crippen molar-refractivity contribution in [1.29, 1.82) is 0 Å². The van der Waals surface area contributed by atoms with Crippen LogP contribution in [-0.2, 0) is 6.54 Å². The van der Waals surface area contributed by atoms with E-state index in [2.05, 4.69) is 10.4 Å². The van der Waals surface area contributed by atoms with Crippen molar-refractivity contribution in [2.75, 3.05) is 11.1 Å². The number of nitrogens with two attached hydrogens (primary N) is 1. The lowest BCUT2D eigenvalue weighted by Crippen LogP contribution is -2.15. The van der Waals surface area contributed by atoms with E-state index in [-0.39, 0.29) is 11.6 Å². The number of nitrogens with one attached hydrogen (secondary N) is 1. The van der Waals surface area contributed by atoms with Gasteiger partial charge in [-0.15, -0.1) is 0 Å². The summed E-state index contributed by atoms with van der Waals surface area (Å²) in [4.78, 5) is 12.1. The molecular formula is C13H15ClN4O. The molecular weight excluding hydrogens is 264 g/mol. The maximum atomic E-state index is 12.1. The highest BCUT2D eigenvalue weighted by Gasteiger charge is 2.15. The van der Waals surface area contributed by atoms with Crippen LogP contribution in [0.5, 0.6) is 0 Å². The molecule has 0 radical (unpaired) electrons. The number of rotatable bonds is 3. The minimum atomic E-state index is -0.364. The van der Waals surface area contributed by atoms with Gasteiger partial charge in [-0.05, 0) is 31.5 Å². The van der Waals surface area contributed by atoms with E-state index in [0.29, 0.717) is 22.9 Å². The van der Waals surface area contributed by atoms with Gasteiger partial charge in [0, 0.05) is 12.7 Å². The number of hydrogen-bond donors (Lipinski definition) is 2. The van der Waals surface area contributed by atoms with Crippen LogP contribution in [0.15, 0.2) is 24.4 Å². The van der Waals surface area contributed by atoms with Crippen LogP contribution in [0.25, 0.3) is 0 Å². The van der Waals surface area contributed by atoms with Crippen molar-refractivity contribution in [2.45, 2.75) is 20.4 Å². The summed E-state index contributed by atoms with van der Waals surface area (Å²) in [5.74, 6) is -0.364. The van der Waals surface area contributed by atoms with Crippen LogP contribution in [-0.4, -0.2) is 15.7 Å². The van der Waals surface area contributed by atoms with Crippen LogP contribution in [0, 0.1) is 6.92 Å². The van der Waals surface area contributed by atoms with Gasteiger partial charge in [0.05, 0.1) is 16.4 Å². The van der Waals surface area contributed by atoms with Crippen LogP contribution in [0.2, 0.25) is 5.02 Å². The first-order valence-electron chi connectivity index (χ1n) is 5.91. The highest BCUT2D eigenvalue weighted by molar-refractivity contribution is 6.34. The Bertz CT molecular complexity index is 621. The highest BCUT2D eigenvalue weighted by atomic mass is 35.5. The average molecular weight is 279 g/mol. The number of hydrogen-bond acceptors (Lipinski definition) is 3. The molecule has 0 aliphatic heterocycles. The number of nitrogen functional groups attached to an aromatic ring is 1. The molecule has 0 saturated heterocycles. The van der Waals surface area contributed by atoms with Gasteiger partial charge in [0.1, 0.15) is 0 Å². The summed E-state index contributed by atoms with van der Waals surface area (Å²) in [6, 6.07) is 5.41. The molecule has 2 rings (SSSR count). The Morgan fingerprint density at radius 1 is 1.53 bits per heavy atom. The maximum absolute atomic E-state index is 12.1. The maximum Gasteiger partial charge on any atom is 0.278 e. The van der Waals surface area contributed by atoms with Gasteiger partial charge in [0.15, 0.2) is 5.69 Å². The number of amides is 1. The third kappa shape index (κ3) is 2.88. The highest BCUT2D eigenvalue weighted by Crippen LogP contribution is 2.23. The largest absolute Gasteiger partial charge is 0.396 e. The Hall–Kier alpha value is -2.01. The number of aryl methyl sites for hydroxylation is 2. The summed E-state index contributed by atoms with van der Waals surface area (Å²) < 4.78 is 1.61. The zero-order valence-electron chi connectivity index (χ0n) is 10.8. The van der Waals surface area contributed by atoms with E-state index in [1.165, 1.54) is 0 Å². The van der Waals surface area contributed by atoms with Crippen molar-refractivity contribution in [3.63, 3.8) is 0 Å². The third-order valence-corrected chi connectivity index (χ3v) is 3.03. The van der Waals surface area contributed by atoms with Crippen LogP contribution in [0.1, 0.15) is 23.0 Å². The van der Waals surface area contributed by atoms with Gasteiger partial charge < -0.3 is 11.1 Å². The Morgan fingerprint density at radius 2 is 2.26 bits per heavy atom. The molecule has 0 atom stereocenters. The predicted molar refractivity (Wildman–Crippen MR) is 76.5 cm³/mol. The van der Waals surface area contributed by atoms with E-state index >= 15 is 0 Å². The predicted octanol–water partition coefficient (Wildman–Crippen LogP) is 2.70. The van der Waals surface area contributed by atoms with Crippen molar-refractivity contribution in [3.05, 3.63) is 40.7 Å². The number of aromatic nitrogens is 2. The molecule has 1 heterocycles. The van der Waals surface area contributed by atoms with Crippen molar-refractivity contribution >= 4 is 28.9 Å². The fourth-order valence-corrected chi connectivity index (χ4v) is 1.86. The van der Waals surface area contributed by atoms with E-state index in [1.807, 2.05) is 19.9 Å². The second-order valence-electron chi connectivity index (χ2n) is 4.23. The fourth-order valence-electron chi connectivity index (χ4n) is 1.69. The zero-order valence-corrected chi connectivity index (χ0v) is 11.5. The molecule has 3 N–H and O–H groups in total. The van der Waals surface area contributed by atoms with Crippen molar-refractivity contribution in [3.8, 4) is 0 Å². The standard InChI is InChI=1S/C13H15ClN4O/c1-3-18-7-10(15)12(17-18)13(19)16-11-6-8(2)4-5-9(11)14/h4-7H,3,15H2,1-2H3,(H,16,19). The average Bonchev–Trinajstić information content (AvgIpc) is 2.75. The Morgan fingerprint density at radius 3 is 2.89 bits per heavy atom. The third-order valence-electron chi connectivity index (χ3n) is 2.70. The second-order valence-corrected chi connectivity index (χ2v) is 4.63. The molecule has 1 amide bonds. The molecule has 0 aliphatic carbocycles. The number of benzene rings is 1. The second kappa shape index (κ2) is 5.32. The number of anilines is 2. The Labute approximate surface area is 116 Å². The van der Waals surface area contributed by atoms with E-state index in [9.17, 15) is 4.79 Å². The molecule has 2 aromatic rings. The molecule has 6 heteroatoms. The van der Waals surface area contributed by atoms with E-state index in [1.54, 1.807) is 23.0 Å². The molecule has 1 aromatic carbocycles. The molecule has 0 saturated carbocycles. The van der Waals surface area contributed by atoms with Crippen molar-refractivity contribution in [1.82, 2.24) is 9.78 Å². The lowest BCUT2D eigenvalue weighted by atomic mass is 10.2. The number of carbonyl (C=O) groups is 1. The summed E-state index contributed by atoms with van der Waals surface area (Å²) in [5.41, 5.74) is 7.88. The van der Waals surface area contributed by atoms with Gasteiger partial charge in [-0.2, -0.15) is 5.10 Å². The summed E-state index contributed by atoms with van der Waals surface area (Å²) in [5, 5.41) is 7.31. The minimum absolute atomic E-state index is 0.208.